The Morgan fingerprint density at radius 3 is 2.83 bits per heavy atom. The van der Waals surface area contributed by atoms with Crippen molar-refractivity contribution in [3.05, 3.63) is 47.9 Å². The van der Waals surface area contributed by atoms with Crippen molar-refractivity contribution in [3.63, 3.8) is 0 Å². The predicted octanol–water partition coefficient (Wildman–Crippen LogP) is 3.33. The first-order chi connectivity index (χ1) is 11.1. The van der Waals surface area contributed by atoms with E-state index >= 15 is 0 Å². The number of ether oxygens (including phenoxy) is 1. The maximum Gasteiger partial charge on any atom is 0.254 e. The molecule has 1 aromatic carbocycles. The monoisotopic (exact) mass is 370 g/mol. The van der Waals surface area contributed by atoms with Crippen LogP contribution in [0.15, 0.2) is 45.9 Å². The van der Waals surface area contributed by atoms with Crippen LogP contribution >= 0.6 is 24.2 Å². The Hall–Kier alpha value is -1.63. The van der Waals surface area contributed by atoms with E-state index in [4.69, 9.17) is 14.9 Å². The number of hydrogen-bond acceptors (Lipinski definition) is 5. The summed E-state index contributed by atoms with van der Waals surface area (Å²) in [5.41, 5.74) is 5.97. The molecule has 2 aromatic rings. The van der Waals surface area contributed by atoms with Gasteiger partial charge in [-0.05, 0) is 24.1 Å². The van der Waals surface area contributed by atoms with E-state index in [0.29, 0.717) is 30.3 Å². The van der Waals surface area contributed by atoms with Crippen LogP contribution in [-0.4, -0.2) is 25.3 Å². The van der Waals surface area contributed by atoms with Gasteiger partial charge in [-0.3, -0.25) is 4.79 Å². The molecule has 1 heterocycles. The first-order valence-corrected chi connectivity index (χ1v) is 8.44. The number of amides is 1. The van der Waals surface area contributed by atoms with Crippen LogP contribution in [0.2, 0.25) is 0 Å². The summed E-state index contributed by atoms with van der Waals surface area (Å²) in [6.07, 6.45) is 1.44. The van der Waals surface area contributed by atoms with Crippen molar-refractivity contribution < 1.29 is 13.9 Å². The number of nitrogens with one attached hydrogen (secondary N) is 1. The first kappa shape index (κ1) is 20.4. The number of halogens is 1. The van der Waals surface area contributed by atoms with Gasteiger partial charge in [0.15, 0.2) is 0 Å². The van der Waals surface area contributed by atoms with Gasteiger partial charge in [-0.2, -0.15) is 0 Å². The van der Waals surface area contributed by atoms with Gasteiger partial charge in [0, 0.05) is 17.2 Å². The van der Waals surface area contributed by atoms with Crippen molar-refractivity contribution in [3.8, 4) is 5.75 Å². The van der Waals surface area contributed by atoms with Crippen LogP contribution in [0.4, 0.5) is 0 Å². The fourth-order valence-electron chi connectivity index (χ4n) is 2.00. The lowest BCUT2D eigenvalue weighted by Crippen LogP contribution is -2.28. The Labute approximate surface area is 152 Å². The van der Waals surface area contributed by atoms with Crippen LogP contribution in [0.25, 0.3) is 0 Å². The topological polar surface area (TPSA) is 77.5 Å². The zero-order valence-electron chi connectivity index (χ0n) is 13.8. The van der Waals surface area contributed by atoms with E-state index in [9.17, 15) is 4.79 Å². The van der Waals surface area contributed by atoms with Crippen molar-refractivity contribution in [2.45, 2.75) is 18.4 Å². The Bertz CT molecular complexity index is 648. The summed E-state index contributed by atoms with van der Waals surface area (Å²) < 4.78 is 10.5. The molecule has 1 atom stereocenters. The number of hydrogen-bond donors (Lipinski definition) is 2. The third kappa shape index (κ3) is 5.78. The van der Waals surface area contributed by atoms with Gasteiger partial charge < -0.3 is 20.2 Å². The number of carbonyl (C=O) groups is 1. The molecule has 7 heteroatoms. The summed E-state index contributed by atoms with van der Waals surface area (Å²) in [6, 6.07) is 9.60. The molecule has 0 saturated heterocycles. The second-order valence-electron chi connectivity index (χ2n) is 5.28. The smallest absolute Gasteiger partial charge is 0.254 e. The minimum Gasteiger partial charge on any atom is -0.496 e. The molecule has 0 saturated carbocycles. The molecule has 0 fully saturated rings. The second-order valence-corrected chi connectivity index (χ2v) is 6.34. The fraction of sp³-hybridized carbons (Fsp3) is 0.353. The number of furan rings is 1. The Kier molecular flexibility index (Phi) is 8.74. The maximum atomic E-state index is 12.0. The van der Waals surface area contributed by atoms with E-state index in [0.717, 1.165) is 16.4 Å². The standard InChI is InChI=1S/C17H22N2O3S.ClH/c1-12(11-23-16-6-4-3-5-15(16)21-2)9-19-17(20)13-7-14(8-18)22-10-13;/h3-7,10,12H,8-9,11,18H2,1-2H3,(H,19,20);1H. The number of carbonyl (C=O) groups excluding carboxylic acids is 1. The van der Waals surface area contributed by atoms with Crippen LogP contribution in [0, 0.1) is 5.92 Å². The second kappa shape index (κ2) is 10.3. The number of rotatable bonds is 8. The van der Waals surface area contributed by atoms with Crippen molar-refractivity contribution in [1.29, 1.82) is 0 Å². The van der Waals surface area contributed by atoms with E-state index in [1.54, 1.807) is 24.9 Å². The van der Waals surface area contributed by atoms with Gasteiger partial charge in [-0.15, -0.1) is 24.2 Å². The van der Waals surface area contributed by atoms with Crippen molar-refractivity contribution in [2.75, 3.05) is 19.4 Å². The predicted molar refractivity (Wildman–Crippen MR) is 99.1 cm³/mol. The molecule has 2 rings (SSSR count). The summed E-state index contributed by atoms with van der Waals surface area (Å²) >= 11 is 1.72. The van der Waals surface area contributed by atoms with Crippen LogP contribution in [0.5, 0.6) is 5.75 Å². The third-order valence-corrected chi connectivity index (χ3v) is 4.70. The zero-order valence-corrected chi connectivity index (χ0v) is 15.4. The molecule has 0 aliphatic heterocycles. The molecule has 0 aliphatic carbocycles. The minimum absolute atomic E-state index is 0. The quantitative estimate of drug-likeness (QED) is 0.697. The molecular formula is C17H23ClN2O3S. The Morgan fingerprint density at radius 1 is 1.42 bits per heavy atom. The molecule has 1 amide bonds. The maximum absolute atomic E-state index is 12.0. The Balaban J connectivity index is 0.00000288. The van der Waals surface area contributed by atoms with E-state index in [1.165, 1.54) is 6.26 Å². The van der Waals surface area contributed by atoms with Gasteiger partial charge in [-0.1, -0.05) is 19.1 Å². The highest BCUT2D eigenvalue weighted by Crippen LogP contribution is 2.29. The third-order valence-electron chi connectivity index (χ3n) is 3.32. The molecule has 1 unspecified atom stereocenters. The van der Waals surface area contributed by atoms with Crippen LogP contribution in [0.1, 0.15) is 23.0 Å². The molecule has 0 radical (unpaired) electrons. The number of thioether (sulfide) groups is 1. The highest BCUT2D eigenvalue weighted by molar-refractivity contribution is 7.99. The van der Waals surface area contributed by atoms with Crippen molar-refractivity contribution in [2.24, 2.45) is 11.7 Å². The SMILES string of the molecule is COc1ccccc1SCC(C)CNC(=O)c1coc(CN)c1.Cl. The first-order valence-electron chi connectivity index (χ1n) is 7.45. The summed E-state index contributed by atoms with van der Waals surface area (Å²) in [7, 11) is 1.67. The van der Waals surface area contributed by atoms with Gasteiger partial charge >= 0.3 is 0 Å². The van der Waals surface area contributed by atoms with E-state index < -0.39 is 0 Å². The number of nitrogens with two attached hydrogens (primary N) is 1. The fourth-order valence-corrected chi connectivity index (χ4v) is 3.06. The molecule has 0 aliphatic rings. The normalized spacial score (nSPS) is 11.5. The average molecular weight is 371 g/mol. The molecule has 1 aromatic heterocycles. The summed E-state index contributed by atoms with van der Waals surface area (Å²) in [5.74, 6) is 2.56. The number of methoxy groups -OCH3 is 1. The van der Waals surface area contributed by atoms with E-state index in [2.05, 4.69) is 12.2 Å². The van der Waals surface area contributed by atoms with Crippen LogP contribution in [-0.2, 0) is 6.54 Å². The average Bonchev–Trinajstić information content (AvgIpc) is 3.07. The van der Waals surface area contributed by atoms with Crippen molar-refractivity contribution in [1.82, 2.24) is 5.32 Å². The minimum atomic E-state index is -0.136. The van der Waals surface area contributed by atoms with Crippen LogP contribution < -0.4 is 15.8 Å². The summed E-state index contributed by atoms with van der Waals surface area (Å²) in [5, 5.41) is 2.92. The number of benzene rings is 1. The van der Waals surface area contributed by atoms with Gasteiger partial charge in [-0.25, -0.2) is 0 Å². The molecule has 0 bridgehead atoms. The lowest BCUT2D eigenvalue weighted by molar-refractivity contribution is 0.0948. The van der Waals surface area contributed by atoms with Gasteiger partial charge in [0.1, 0.15) is 17.8 Å². The lowest BCUT2D eigenvalue weighted by atomic mass is 10.2. The molecule has 5 nitrogen and oxygen atoms in total. The molecular weight excluding hydrogens is 348 g/mol. The molecule has 132 valence electrons. The van der Waals surface area contributed by atoms with Gasteiger partial charge in [0.25, 0.3) is 5.91 Å². The van der Waals surface area contributed by atoms with Crippen molar-refractivity contribution >= 4 is 30.1 Å². The van der Waals surface area contributed by atoms with Crippen LogP contribution in [0.3, 0.4) is 0 Å². The lowest BCUT2D eigenvalue weighted by Gasteiger charge is -2.13. The number of para-hydroxylation sites is 1. The molecule has 0 spiro atoms. The molecule has 24 heavy (non-hydrogen) atoms. The zero-order chi connectivity index (χ0) is 16.7. The highest BCUT2D eigenvalue weighted by Gasteiger charge is 2.12. The van der Waals surface area contributed by atoms with Gasteiger partial charge in [0.2, 0.25) is 0 Å². The molecule has 3 N–H and O–H groups in total. The van der Waals surface area contributed by atoms with E-state index in [1.807, 2.05) is 24.3 Å². The summed E-state index contributed by atoms with van der Waals surface area (Å²) in [6.45, 7) is 2.99. The largest absolute Gasteiger partial charge is 0.496 e. The van der Waals surface area contributed by atoms with E-state index in [-0.39, 0.29) is 18.3 Å². The van der Waals surface area contributed by atoms with Gasteiger partial charge in [0.05, 0.1) is 19.2 Å². The summed E-state index contributed by atoms with van der Waals surface area (Å²) in [4.78, 5) is 13.1. The highest BCUT2D eigenvalue weighted by atomic mass is 35.5. The Morgan fingerprint density at radius 2 is 2.17 bits per heavy atom.